The topological polar surface area (TPSA) is 17.1 Å². The van der Waals surface area contributed by atoms with Gasteiger partial charge in [0.25, 0.3) is 0 Å². The normalized spacial score (nSPS) is 14.2. The van der Waals surface area contributed by atoms with Crippen molar-refractivity contribution in [1.29, 1.82) is 0 Å². The van der Waals surface area contributed by atoms with E-state index >= 15 is 0 Å². The molecule has 0 rings (SSSR count). The largest absolute Gasteiger partial charge is 0.299 e. The second kappa shape index (κ2) is 6.46. The third-order valence-corrected chi connectivity index (χ3v) is 4.76. The summed E-state index contributed by atoms with van der Waals surface area (Å²) in [4.78, 5) is 12.8. The van der Waals surface area contributed by atoms with Crippen molar-refractivity contribution in [3.05, 3.63) is 0 Å². The predicted octanol–water partition coefficient (Wildman–Crippen LogP) is 6.50. The van der Waals surface area contributed by atoms with Crippen LogP contribution in [0, 0.1) is 10.8 Å². The molecular formula is C19H39BO. The Morgan fingerprint density at radius 2 is 1.29 bits per heavy atom. The van der Waals surface area contributed by atoms with Crippen LogP contribution in [0.3, 0.4) is 0 Å². The Labute approximate surface area is 134 Å². The smallest absolute Gasteiger partial charge is 0.151 e. The van der Waals surface area contributed by atoms with Crippen LogP contribution < -0.4 is 0 Å². The van der Waals surface area contributed by atoms with Crippen molar-refractivity contribution in [2.45, 2.75) is 106 Å². The van der Waals surface area contributed by atoms with Gasteiger partial charge < -0.3 is 0 Å². The lowest BCUT2D eigenvalue weighted by molar-refractivity contribution is -0.135. The van der Waals surface area contributed by atoms with Crippen LogP contribution in [0.15, 0.2) is 0 Å². The molecular weight excluding hydrogens is 255 g/mol. The van der Waals surface area contributed by atoms with Crippen LogP contribution in [0.5, 0.6) is 0 Å². The molecule has 0 aromatic heterocycles. The lowest BCUT2D eigenvalue weighted by Crippen LogP contribution is -2.43. The zero-order valence-corrected chi connectivity index (χ0v) is 16.6. The SMILES string of the molecule is CCCB(C(C)(C)C)C(C)(C)CC(C)(C)C(=O)C(C)(C)C. The van der Waals surface area contributed by atoms with E-state index in [1.165, 1.54) is 12.7 Å². The monoisotopic (exact) mass is 294 g/mol. The molecule has 0 aromatic rings. The van der Waals surface area contributed by atoms with Gasteiger partial charge in [0.15, 0.2) is 6.71 Å². The van der Waals surface area contributed by atoms with E-state index in [-0.39, 0.29) is 21.5 Å². The van der Waals surface area contributed by atoms with Crippen molar-refractivity contribution < 1.29 is 4.79 Å². The minimum atomic E-state index is -0.265. The van der Waals surface area contributed by atoms with E-state index < -0.39 is 0 Å². The highest BCUT2D eigenvalue weighted by Crippen LogP contribution is 2.51. The third kappa shape index (κ3) is 5.79. The highest BCUT2D eigenvalue weighted by atomic mass is 16.1. The Morgan fingerprint density at radius 3 is 1.57 bits per heavy atom. The van der Waals surface area contributed by atoms with Gasteiger partial charge in [0.1, 0.15) is 5.78 Å². The van der Waals surface area contributed by atoms with Gasteiger partial charge in [0, 0.05) is 10.8 Å². The third-order valence-electron chi connectivity index (χ3n) is 4.76. The average molecular weight is 294 g/mol. The second-order valence-corrected chi connectivity index (χ2v) is 10.3. The van der Waals surface area contributed by atoms with Crippen molar-refractivity contribution in [2.75, 3.05) is 0 Å². The van der Waals surface area contributed by atoms with Crippen molar-refractivity contribution in [2.24, 2.45) is 10.8 Å². The van der Waals surface area contributed by atoms with E-state index in [0.29, 0.717) is 12.5 Å². The fraction of sp³-hybridized carbons (Fsp3) is 0.947. The van der Waals surface area contributed by atoms with Crippen LogP contribution in [-0.2, 0) is 4.79 Å². The molecule has 21 heavy (non-hydrogen) atoms. The molecule has 2 heteroatoms. The first-order valence-electron chi connectivity index (χ1n) is 8.60. The summed E-state index contributed by atoms with van der Waals surface area (Å²) in [6, 6.07) is 0. The summed E-state index contributed by atoms with van der Waals surface area (Å²) in [6.07, 6.45) is 3.40. The molecule has 0 spiro atoms. The Kier molecular flexibility index (Phi) is 6.38. The van der Waals surface area contributed by atoms with Gasteiger partial charge in [0.2, 0.25) is 0 Å². The number of hydrogen-bond acceptors (Lipinski definition) is 1. The standard InChI is InChI=1S/C19H39BO/c1-12-13-20(17(5,6)7)19(10,11)14-18(8,9)15(21)16(2,3)4/h12-14H2,1-11H3. The van der Waals surface area contributed by atoms with Gasteiger partial charge in [-0.05, 0) is 6.42 Å². The summed E-state index contributed by atoms with van der Waals surface area (Å²) >= 11 is 0. The van der Waals surface area contributed by atoms with Crippen molar-refractivity contribution in [3.63, 3.8) is 0 Å². The molecule has 0 heterocycles. The summed E-state index contributed by atoms with van der Waals surface area (Å²) in [6.45, 7) is 25.0. The molecule has 0 saturated heterocycles. The lowest BCUT2D eigenvalue weighted by atomic mass is 9.21. The van der Waals surface area contributed by atoms with E-state index in [1.807, 2.05) is 20.8 Å². The molecule has 0 aromatic carbocycles. The zero-order chi connectivity index (χ0) is 17.3. The van der Waals surface area contributed by atoms with Gasteiger partial charge in [-0.25, -0.2) is 0 Å². The fourth-order valence-electron chi connectivity index (χ4n) is 4.64. The highest BCUT2D eigenvalue weighted by Gasteiger charge is 2.46. The summed E-state index contributed by atoms with van der Waals surface area (Å²) in [5.41, 5.74) is -0.527. The van der Waals surface area contributed by atoms with Crippen LogP contribution in [-0.4, -0.2) is 12.5 Å². The summed E-state index contributed by atoms with van der Waals surface area (Å²) < 4.78 is 0. The van der Waals surface area contributed by atoms with Crippen LogP contribution in [0.2, 0.25) is 16.9 Å². The number of carbonyl (C=O) groups is 1. The number of hydrogen-bond donors (Lipinski definition) is 0. The quantitative estimate of drug-likeness (QED) is 0.511. The summed E-state index contributed by atoms with van der Waals surface area (Å²) in [5, 5.41) is 0.443. The van der Waals surface area contributed by atoms with Gasteiger partial charge in [0.05, 0.1) is 0 Å². The van der Waals surface area contributed by atoms with Gasteiger partial charge in [-0.3, -0.25) is 4.79 Å². The van der Waals surface area contributed by atoms with E-state index in [9.17, 15) is 4.79 Å². The van der Waals surface area contributed by atoms with Crippen molar-refractivity contribution >= 4 is 12.5 Å². The minimum Gasteiger partial charge on any atom is -0.299 e. The molecule has 0 atom stereocenters. The zero-order valence-electron chi connectivity index (χ0n) is 16.6. The van der Waals surface area contributed by atoms with Gasteiger partial charge >= 0.3 is 0 Å². The summed E-state index contributed by atoms with van der Waals surface area (Å²) in [5.74, 6) is 0.382. The maximum atomic E-state index is 12.8. The van der Waals surface area contributed by atoms with Gasteiger partial charge in [-0.1, -0.05) is 99.5 Å². The molecule has 0 unspecified atom stereocenters. The molecule has 0 aliphatic rings. The first-order chi connectivity index (χ1) is 9.05. The average Bonchev–Trinajstić information content (AvgIpc) is 2.20. The van der Waals surface area contributed by atoms with Crippen LogP contribution in [0.1, 0.15) is 89.0 Å². The molecule has 0 bridgehead atoms. The minimum absolute atomic E-state index is 0.165. The Morgan fingerprint density at radius 1 is 0.857 bits per heavy atom. The molecule has 0 amide bonds. The molecule has 0 aliphatic carbocycles. The number of ketones is 1. The van der Waals surface area contributed by atoms with Gasteiger partial charge in [-0.15, -0.1) is 0 Å². The number of Topliss-reactive ketones (excluding diaryl/α,β-unsaturated/α-hetero) is 1. The molecule has 0 aliphatic heterocycles. The number of rotatable bonds is 6. The van der Waals surface area contributed by atoms with Crippen LogP contribution >= 0.6 is 0 Å². The molecule has 1 nitrogen and oxygen atoms in total. The lowest BCUT2D eigenvalue weighted by Gasteiger charge is -2.45. The Balaban J connectivity index is 5.38. The van der Waals surface area contributed by atoms with Crippen LogP contribution in [0.4, 0.5) is 0 Å². The maximum Gasteiger partial charge on any atom is 0.151 e. The van der Waals surface area contributed by atoms with E-state index in [1.54, 1.807) is 0 Å². The molecule has 0 radical (unpaired) electrons. The Bertz CT molecular complexity index is 353. The van der Waals surface area contributed by atoms with E-state index in [0.717, 1.165) is 6.42 Å². The molecule has 124 valence electrons. The van der Waals surface area contributed by atoms with Crippen molar-refractivity contribution in [3.8, 4) is 0 Å². The van der Waals surface area contributed by atoms with Crippen LogP contribution in [0.25, 0.3) is 0 Å². The maximum absolute atomic E-state index is 12.8. The number of carbonyl (C=O) groups excluding carboxylic acids is 1. The first kappa shape index (κ1) is 20.7. The van der Waals surface area contributed by atoms with E-state index in [4.69, 9.17) is 0 Å². The van der Waals surface area contributed by atoms with E-state index in [2.05, 4.69) is 55.4 Å². The first-order valence-corrected chi connectivity index (χ1v) is 8.60. The Hall–Kier alpha value is -0.265. The second-order valence-electron chi connectivity index (χ2n) is 10.3. The fourth-order valence-corrected chi connectivity index (χ4v) is 4.64. The van der Waals surface area contributed by atoms with Gasteiger partial charge in [-0.2, -0.15) is 0 Å². The highest BCUT2D eigenvalue weighted by molar-refractivity contribution is 6.65. The predicted molar refractivity (Wildman–Crippen MR) is 97.5 cm³/mol. The van der Waals surface area contributed by atoms with Crippen molar-refractivity contribution in [1.82, 2.24) is 0 Å². The summed E-state index contributed by atoms with van der Waals surface area (Å²) in [7, 11) is 0. The molecule has 0 saturated carbocycles. The molecule has 0 fully saturated rings. The molecule has 0 N–H and O–H groups in total.